The number of carbonyl (C=O) groups is 1. The van der Waals surface area contributed by atoms with Gasteiger partial charge in [-0.15, -0.1) is 0 Å². The van der Waals surface area contributed by atoms with Crippen LogP contribution in [0.1, 0.15) is 35.3 Å². The molecule has 0 unspecified atom stereocenters. The first-order valence-corrected chi connectivity index (χ1v) is 8.87. The Morgan fingerprint density at radius 1 is 1.08 bits per heavy atom. The Hall–Kier alpha value is -2.72. The van der Waals surface area contributed by atoms with Crippen LogP contribution in [0.5, 0.6) is 0 Å². The highest BCUT2D eigenvalue weighted by Crippen LogP contribution is 2.20. The Morgan fingerprint density at radius 2 is 1.85 bits per heavy atom. The summed E-state index contributed by atoms with van der Waals surface area (Å²) < 4.78 is 0. The molecule has 26 heavy (non-hydrogen) atoms. The fraction of sp³-hybridized carbons (Fsp3) is 0.190. The van der Waals surface area contributed by atoms with E-state index in [-0.39, 0.29) is 5.78 Å². The summed E-state index contributed by atoms with van der Waals surface area (Å²) in [6.07, 6.45) is 5.62. The van der Waals surface area contributed by atoms with E-state index in [0.29, 0.717) is 27.9 Å². The molecule has 2 aromatic heterocycles. The van der Waals surface area contributed by atoms with E-state index < -0.39 is 0 Å². The fourth-order valence-corrected chi connectivity index (χ4v) is 2.87. The fourth-order valence-electron chi connectivity index (χ4n) is 2.66. The molecule has 0 aliphatic carbocycles. The number of ketones is 1. The number of benzene rings is 1. The first kappa shape index (κ1) is 18.1. The number of anilines is 2. The lowest BCUT2D eigenvalue weighted by molar-refractivity contribution is 0.103. The van der Waals surface area contributed by atoms with E-state index in [0.717, 1.165) is 12.1 Å². The van der Waals surface area contributed by atoms with E-state index in [4.69, 9.17) is 11.6 Å². The van der Waals surface area contributed by atoms with Gasteiger partial charge in [0.1, 0.15) is 5.82 Å². The average Bonchev–Trinajstić information content (AvgIpc) is 2.63. The Kier molecular flexibility index (Phi) is 5.64. The van der Waals surface area contributed by atoms with Crippen LogP contribution in [0.2, 0.25) is 5.02 Å². The van der Waals surface area contributed by atoms with Gasteiger partial charge in [0, 0.05) is 35.4 Å². The van der Waals surface area contributed by atoms with Gasteiger partial charge in [0.15, 0.2) is 5.78 Å². The number of hydrogen-bond acceptors (Lipinski definition) is 4. The molecule has 132 valence electrons. The third kappa shape index (κ3) is 4.46. The molecule has 1 aromatic carbocycles. The van der Waals surface area contributed by atoms with Gasteiger partial charge in [0.05, 0.1) is 5.02 Å². The SMILES string of the molecule is CC(C)Cc1ccc(Nc2ccc(C(=O)c3ccncc3Cl)cn2)cc1. The number of pyridine rings is 2. The zero-order valence-corrected chi connectivity index (χ0v) is 15.5. The van der Waals surface area contributed by atoms with Crippen molar-refractivity contribution in [2.24, 2.45) is 5.92 Å². The average molecular weight is 366 g/mol. The lowest BCUT2D eigenvalue weighted by atomic mass is 10.0. The quantitative estimate of drug-likeness (QED) is 0.602. The summed E-state index contributed by atoms with van der Waals surface area (Å²) in [5.74, 6) is 1.14. The molecule has 0 saturated heterocycles. The van der Waals surface area contributed by atoms with Crippen LogP contribution >= 0.6 is 11.6 Å². The highest BCUT2D eigenvalue weighted by molar-refractivity contribution is 6.34. The van der Waals surface area contributed by atoms with Crippen molar-refractivity contribution in [3.63, 3.8) is 0 Å². The van der Waals surface area contributed by atoms with E-state index in [1.54, 1.807) is 30.6 Å². The molecule has 3 rings (SSSR count). The Labute approximate surface area is 158 Å². The standard InChI is InChI=1S/C21H20ClN3O/c1-14(2)11-15-3-6-17(7-4-15)25-20-8-5-16(12-24-20)21(26)18-9-10-23-13-19(18)22/h3-10,12-14H,11H2,1-2H3,(H,24,25). The van der Waals surface area contributed by atoms with Crippen molar-refractivity contribution in [2.45, 2.75) is 20.3 Å². The Balaban J connectivity index is 1.70. The first-order chi connectivity index (χ1) is 12.5. The molecule has 0 amide bonds. The smallest absolute Gasteiger partial charge is 0.196 e. The molecule has 0 fully saturated rings. The summed E-state index contributed by atoms with van der Waals surface area (Å²) in [6, 6.07) is 13.4. The van der Waals surface area contributed by atoms with Crippen molar-refractivity contribution in [1.82, 2.24) is 9.97 Å². The molecule has 0 radical (unpaired) electrons. The lowest BCUT2D eigenvalue weighted by Crippen LogP contribution is -2.04. The monoisotopic (exact) mass is 365 g/mol. The van der Waals surface area contributed by atoms with Crippen LogP contribution in [0.15, 0.2) is 61.1 Å². The number of aromatic nitrogens is 2. The van der Waals surface area contributed by atoms with Crippen molar-refractivity contribution in [1.29, 1.82) is 0 Å². The number of rotatable bonds is 6. The van der Waals surface area contributed by atoms with Gasteiger partial charge in [0.25, 0.3) is 0 Å². The highest BCUT2D eigenvalue weighted by atomic mass is 35.5. The van der Waals surface area contributed by atoms with Crippen molar-refractivity contribution >= 4 is 28.9 Å². The van der Waals surface area contributed by atoms with Crippen molar-refractivity contribution in [3.8, 4) is 0 Å². The molecular weight excluding hydrogens is 346 g/mol. The number of halogens is 1. The summed E-state index contributed by atoms with van der Waals surface area (Å²) in [4.78, 5) is 20.7. The molecule has 5 heteroatoms. The van der Waals surface area contributed by atoms with E-state index in [2.05, 4.69) is 41.3 Å². The molecule has 0 saturated carbocycles. The van der Waals surface area contributed by atoms with Crippen LogP contribution in [0, 0.1) is 5.92 Å². The maximum absolute atomic E-state index is 12.5. The van der Waals surface area contributed by atoms with Crippen LogP contribution in [0.4, 0.5) is 11.5 Å². The third-order valence-corrected chi connectivity index (χ3v) is 4.21. The summed E-state index contributed by atoms with van der Waals surface area (Å²) in [7, 11) is 0. The maximum Gasteiger partial charge on any atom is 0.196 e. The Bertz CT molecular complexity index is 890. The van der Waals surface area contributed by atoms with Crippen LogP contribution in [-0.4, -0.2) is 15.8 Å². The number of carbonyl (C=O) groups excluding carboxylic acids is 1. The topological polar surface area (TPSA) is 54.9 Å². The maximum atomic E-state index is 12.5. The summed E-state index contributed by atoms with van der Waals surface area (Å²) in [5.41, 5.74) is 3.18. The zero-order valence-electron chi connectivity index (χ0n) is 14.7. The minimum Gasteiger partial charge on any atom is -0.340 e. The number of hydrogen-bond donors (Lipinski definition) is 1. The van der Waals surface area contributed by atoms with Gasteiger partial charge in [-0.05, 0) is 48.2 Å². The molecular formula is C21H20ClN3O. The minimum absolute atomic E-state index is 0.172. The van der Waals surface area contributed by atoms with Crippen LogP contribution in [0.25, 0.3) is 0 Å². The highest BCUT2D eigenvalue weighted by Gasteiger charge is 2.13. The largest absolute Gasteiger partial charge is 0.340 e. The summed E-state index contributed by atoms with van der Waals surface area (Å²) in [5, 5.41) is 3.58. The molecule has 0 aliphatic heterocycles. The van der Waals surface area contributed by atoms with Gasteiger partial charge < -0.3 is 5.32 Å². The second kappa shape index (κ2) is 8.11. The van der Waals surface area contributed by atoms with Gasteiger partial charge >= 0.3 is 0 Å². The molecule has 0 bridgehead atoms. The molecule has 1 N–H and O–H groups in total. The van der Waals surface area contributed by atoms with Gasteiger partial charge in [0.2, 0.25) is 0 Å². The normalized spacial score (nSPS) is 10.8. The van der Waals surface area contributed by atoms with Crippen LogP contribution in [-0.2, 0) is 6.42 Å². The van der Waals surface area contributed by atoms with Crippen molar-refractivity contribution in [2.75, 3.05) is 5.32 Å². The third-order valence-electron chi connectivity index (χ3n) is 3.91. The second-order valence-corrected chi connectivity index (χ2v) is 6.94. The van der Waals surface area contributed by atoms with E-state index >= 15 is 0 Å². The van der Waals surface area contributed by atoms with Gasteiger partial charge in [-0.25, -0.2) is 4.98 Å². The predicted molar refractivity (Wildman–Crippen MR) is 105 cm³/mol. The van der Waals surface area contributed by atoms with Crippen molar-refractivity contribution in [3.05, 3.63) is 82.8 Å². The van der Waals surface area contributed by atoms with Gasteiger partial charge in [-0.2, -0.15) is 0 Å². The molecule has 0 atom stereocenters. The molecule has 0 spiro atoms. The predicted octanol–water partition coefficient (Wildman–Crippen LogP) is 5.30. The summed E-state index contributed by atoms with van der Waals surface area (Å²) >= 11 is 6.04. The summed E-state index contributed by atoms with van der Waals surface area (Å²) in [6.45, 7) is 4.41. The molecule has 4 nitrogen and oxygen atoms in total. The molecule has 3 aromatic rings. The van der Waals surface area contributed by atoms with E-state index in [1.807, 2.05) is 12.1 Å². The minimum atomic E-state index is -0.172. The lowest BCUT2D eigenvalue weighted by Gasteiger charge is -2.09. The number of nitrogens with zero attached hydrogens (tertiary/aromatic N) is 2. The molecule has 0 aliphatic rings. The number of nitrogens with one attached hydrogen (secondary N) is 1. The van der Waals surface area contributed by atoms with E-state index in [1.165, 1.54) is 11.8 Å². The van der Waals surface area contributed by atoms with E-state index in [9.17, 15) is 4.79 Å². The van der Waals surface area contributed by atoms with Gasteiger partial charge in [-0.1, -0.05) is 37.6 Å². The van der Waals surface area contributed by atoms with Crippen molar-refractivity contribution < 1.29 is 4.79 Å². The zero-order chi connectivity index (χ0) is 18.5. The van der Waals surface area contributed by atoms with Crippen LogP contribution in [0.3, 0.4) is 0 Å². The molecule has 2 heterocycles. The van der Waals surface area contributed by atoms with Crippen LogP contribution < -0.4 is 5.32 Å². The second-order valence-electron chi connectivity index (χ2n) is 6.54. The Morgan fingerprint density at radius 3 is 2.46 bits per heavy atom. The van der Waals surface area contributed by atoms with Gasteiger partial charge in [-0.3, -0.25) is 9.78 Å². The first-order valence-electron chi connectivity index (χ1n) is 8.49.